The number of nitrogens with one attached hydrogen (secondary N) is 1. The Morgan fingerprint density at radius 3 is 2.71 bits per heavy atom. The quantitative estimate of drug-likeness (QED) is 0.810. The number of hydrogen-bond donors (Lipinski definition) is 2. The summed E-state index contributed by atoms with van der Waals surface area (Å²) in [4.78, 5) is 1.30. The van der Waals surface area contributed by atoms with E-state index in [1.54, 1.807) is 11.8 Å². The van der Waals surface area contributed by atoms with Crippen LogP contribution in [0.25, 0.3) is 0 Å². The molecular formula is C14H21NOS. The molecule has 1 aromatic carbocycles. The third kappa shape index (κ3) is 3.47. The first kappa shape index (κ1) is 12.9. The van der Waals surface area contributed by atoms with E-state index in [-0.39, 0.29) is 0 Å². The lowest BCUT2D eigenvalue weighted by molar-refractivity contribution is 0.0339. The summed E-state index contributed by atoms with van der Waals surface area (Å²) in [7, 11) is 0. The van der Waals surface area contributed by atoms with Gasteiger partial charge in [0.25, 0.3) is 0 Å². The molecular weight excluding hydrogens is 230 g/mol. The van der Waals surface area contributed by atoms with E-state index in [1.165, 1.54) is 16.0 Å². The van der Waals surface area contributed by atoms with Gasteiger partial charge in [-0.2, -0.15) is 0 Å². The Labute approximate surface area is 108 Å². The van der Waals surface area contributed by atoms with Crippen LogP contribution in [0.3, 0.4) is 0 Å². The van der Waals surface area contributed by atoms with Gasteiger partial charge in [0.2, 0.25) is 0 Å². The van der Waals surface area contributed by atoms with Crippen molar-refractivity contribution in [2.45, 2.75) is 37.2 Å². The molecule has 0 aliphatic carbocycles. The molecule has 0 aromatic heterocycles. The van der Waals surface area contributed by atoms with Crippen LogP contribution in [0.1, 0.15) is 24.0 Å². The number of thioether (sulfide) groups is 1. The summed E-state index contributed by atoms with van der Waals surface area (Å²) < 4.78 is 0. The largest absolute Gasteiger partial charge is 0.389 e. The SMILES string of the molecule is Cc1ccc(C)c(SCC2(O)CCNCC2)c1. The summed E-state index contributed by atoms with van der Waals surface area (Å²) in [5.74, 6) is 0.805. The normalized spacial score (nSPS) is 19.2. The van der Waals surface area contributed by atoms with Gasteiger partial charge < -0.3 is 10.4 Å². The summed E-state index contributed by atoms with van der Waals surface area (Å²) in [6.07, 6.45) is 1.73. The predicted octanol–water partition coefficient (Wildman–Crippen LogP) is 2.51. The molecule has 0 radical (unpaired) electrons. The Kier molecular flexibility index (Phi) is 4.13. The van der Waals surface area contributed by atoms with Gasteiger partial charge in [-0.25, -0.2) is 0 Å². The molecule has 17 heavy (non-hydrogen) atoms. The number of piperidine rings is 1. The molecule has 94 valence electrons. The van der Waals surface area contributed by atoms with Crippen LogP contribution in [0.15, 0.2) is 23.1 Å². The van der Waals surface area contributed by atoms with Crippen LogP contribution in [0.5, 0.6) is 0 Å². The first-order valence-corrected chi connectivity index (χ1v) is 7.21. The van der Waals surface area contributed by atoms with Crippen molar-refractivity contribution in [2.75, 3.05) is 18.8 Å². The summed E-state index contributed by atoms with van der Waals surface area (Å²) in [6.45, 7) is 6.12. The maximum Gasteiger partial charge on any atom is 0.0765 e. The molecule has 0 amide bonds. The molecule has 1 saturated heterocycles. The third-order valence-electron chi connectivity index (χ3n) is 3.37. The van der Waals surface area contributed by atoms with Crippen LogP contribution in [0.4, 0.5) is 0 Å². The Morgan fingerprint density at radius 1 is 1.29 bits per heavy atom. The monoisotopic (exact) mass is 251 g/mol. The van der Waals surface area contributed by atoms with Crippen LogP contribution in [0.2, 0.25) is 0 Å². The second-order valence-electron chi connectivity index (χ2n) is 5.03. The molecule has 1 aliphatic rings. The molecule has 0 atom stereocenters. The van der Waals surface area contributed by atoms with E-state index in [4.69, 9.17) is 0 Å². The molecule has 0 unspecified atom stereocenters. The van der Waals surface area contributed by atoms with Crippen LogP contribution < -0.4 is 5.32 Å². The molecule has 0 bridgehead atoms. The fourth-order valence-electron chi connectivity index (χ4n) is 2.11. The third-order valence-corrected chi connectivity index (χ3v) is 4.81. The van der Waals surface area contributed by atoms with E-state index < -0.39 is 5.60 Å². The highest BCUT2D eigenvalue weighted by Crippen LogP contribution is 2.30. The fraction of sp³-hybridized carbons (Fsp3) is 0.571. The van der Waals surface area contributed by atoms with Crippen LogP contribution in [0, 0.1) is 13.8 Å². The molecule has 3 heteroatoms. The first-order valence-electron chi connectivity index (χ1n) is 6.22. The number of aryl methyl sites for hydroxylation is 2. The zero-order valence-corrected chi connectivity index (χ0v) is 11.4. The Bertz CT molecular complexity index is 386. The highest BCUT2D eigenvalue weighted by molar-refractivity contribution is 7.99. The van der Waals surface area contributed by atoms with Gasteiger partial charge in [-0.05, 0) is 51.4 Å². The highest BCUT2D eigenvalue weighted by Gasteiger charge is 2.29. The van der Waals surface area contributed by atoms with Crippen molar-refractivity contribution < 1.29 is 5.11 Å². The maximum atomic E-state index is 10.4. The molecule has 1 aliphatic heterocycles. The second-order valence-corrected chi connectivity index (χ2v) is 6.05. The number of aliphatic hydroxyl groups is 1. The fourth-order valence-corrected chi connectivity index (χ4v) is 3.39. The van der Waals surface area contributed by atoms with Gasteiger partial charge >= 0.3 is 0 Å². The Balaban J connectivity index is 1.99. The van der Waals surface area contributed by atoms with Gasteiger partial charge in [-0.1, -0.05) is 17.7 Å². The lowest BCUT2D eigenvalue weighted by Crippen LogP contribution is -2.43. The van der Waals surface area contributed by atoms with Crippen molar-refractivity contribution in [1.82, 2.24) is 5.32 Å². The van der Waals surface area contributed by atoms with Crippen LogP contribution in [-0.2, 0) is 0 Å². The molecule has 2 rings (SSSR count). The van der Waals surface area contributed by atoms with Gasteiger partial charge in [-0.3, -0.25) is 0 Å². The summed E-state index contributed by atoms with van der Waals surface area (Å²) in [6, 6.07) is 6.51. The summed E-state index contributed by atoms with van der Waals surface area (Å²) >= 11 is 1.79. The van der Waals surface area contributed by atoms with Gasteiger partial charge in [0.15, 0.2) is 0 Å². The average Bonchev–Trinajstić information content (AvgIpc) is 2.31. The maximum absolute atomic E-state index is 10.4. The zero-order chi connectivity index (χ0) is 12.3. The molecule has 2 N–H and O–H groups in total. The van der Waals surface area contributed by atoms with Crippen LogP contribution >= 0.6 is 11.8 Å². The molecule has 0 spiro atoms. The van der Waals surface area contributed by atoms with E-state index >= 15 is 0 Å². The van der Waals surface area contributed by atoms with Crippen LogP contribution in [-0.4, -0.2) is 29.5 Å². The van der Waals surface area contributed by atoms with Gasteiger partial charge in [-0.15, -0.1) is 11.8 Å². The number of hydrogen-bond acceptors (Lipinski definition) is 3. The van der Waals surface area contributed by atoms with Crippen molar-refractivity contribution in [3.8, 4) is 0 Å². The van der Waals surface area contributed by atoms with Crippen molar-refractivity contribution >= 4 is 11.8 Å². The second kappa shape index (κ2) is 5.42. The molecule has 0 saturated carbocycles. The topological polar surface area (TPSA) is 32.3 Å². The minimum atomic E-state index is -0.480. The standard InChI is InChI=1S/C14H21NOS/c1-11-3-4-12(2)13(9-11)17-10-14(16)5-7-15-8-6-14/h3-4,9,15-16H,5-8,10H2,1-2H3. The number of benzene rings is 1. The van der Waals surface area contributed by atoms with E-state index in [0.717, 1.165) is 31.7 Å². The molecule has 1 fully saturated rings. The lowest BCUT2D eigenvalue weighted by Gasteiger charge is -2.32. The highest BCUT2D eigenvalue weighted by atomic mass is 32.2. The summed E-state index contributed by atoms with van der Waals surface area (Å²) in [5, 5.41) is 13.7. The molecule has 2 nitrogen and oxygen atoms in total. The predicted molar refractivity (Wildman–Crippen MR) is 73.7 cm³/mol. The minimum Gasteiger partial charge on any atom is -0.389 e. The Morgan fingerprint density at radius 2 is 2.00 bits per heavy atom. The lowest BCUT2D eigenvalue weighted by atomic mass is 9.95. The average molecular weight is 251 g/mol. The van der Waals surface area contributed by atoms with Gasteiger partial charge in [0.05, 0.1) is 5.60 Å². The zero-order valence-electron chi connectivity index (χ0n) is 10.6. The van der Waals surface area contributed by atoms with E-state index in [0.29, 0.717) is 0 Å². The van der Waals surface area contributed by atoms with Crippen molar-refractivity contribution in [3.63, 3.8) is 0 Å². The summed E-state index contributed by atoms with van der Waals surface area (Å²) in [5.41, 5.74) is 2.11. The van der Waals surface area contributed by atoms with Crippen molar-refractivity contribution in [2.24, 2.45) is 0 Å². The molecule has 1 aromatic rings. The first-order chi connectivity index (χ1) is 8.09. The smallest absolute Gasteiger partial charge is 0.0765 e. The Hall–Kier alpha value is -0.510. The molecule has 1 heterocycles. The van der Waals surface area contributed by atoms with E-state index in [1.807, 2.05) is 0 Å². The van der Waals surface area contributed by atoms with Crippen molar-refractivity contribution in [3.05, 3.63) is 29.3 Å². The van der Waals surface area contributed by atoms with E-state index in [9.17, 15) is 5.11 Å². The van der Waals surface area contributed by atoms with E-state index in [2.05, 4.69) is 37.4 Å². The number of rotatable bonds is 3. The van der Waals surface area contributed by atoms with Crippen molar-refractivity contribution in [1.29, 1.82) is 0 Å². The minimum absolute atomic E-state index is 0.480. The van der Waals surface area contributed by atoms with Gasteiger partial charge in [0.1, 0.15) is 0 Å². The van der Waals surface area contributed by atoms with Gasteiger partial charge in [0, 0.05) is 10.6 Å².